The Morgan fingerprint density at radius 1 is 0.281 bits per heavy atom. The smallest absolute Gasteiger partial charge is 0.0540 e. The molecule has 0 fully saturated rings. The zero-order valence-corrected chi connectivity index (χ0v) is 36.0. The van der Waals surface area contributed by atoms with Crippen LogP contribution in [0.4, 0.5) is 17.1 Å². The zero-order chi connectivity index (χ0) is 42.8. The molecule has 1 aliphatic rings. The summed E-state index contributed by atoms with van der Waals surface area (Å²) in [7, 11) is 0. The summed E-state index contributed by atoms with van der Waals surface area (Å²) >= 11 is 0. The van der Waals surface area contributed by atoms with Gasteiger partial charge in [0.05, 0.1) is 5.69 Å². The first kappa shape index (κ1) is 37.7. The minimum atomic E-state index is -0.0940. The van der Waals surface area contributed by atoms with Gasteiger partial charge in [0.2, 0.25) is 0 Å². The quantitative estimate of drug-likeness (QED) is 0.145. The van der Waals surface area contributed by atoms with Crippen molar-refractivity contribution in [3.05, 3.63) is 248 Å². The van der Waals surface area contributed by atoms with Crippen LogP contribution in [0.1, 0.15) is 25.0 Å². The van der Waals surface area contributed by atoms with Crippen molar-refractivity contribution in [1.29, 1.82) is 0 Å². The van der Waals surface area contributed by atoms with Gasteiger partial charge in [0.25, 0.3) is 0 Å². The van der Waals surface area contributed by atoms with E-state index in [-0.39, 0.29) is 5.41 Å². The minimum absolute atomic E-state index is 0.0940. The van der Waals surface area contributed by atoms with Crippen LogP contribution in [0.3, 0.4) is 0 Å². The van der Waals surface area contributed by atoms with Gasteiger partial charge in [-0.25, -0.2) is 0 Å². The van der Waals surface area contributed by atoms with Gasteiger partial charge in [0.1, 0.15) is 0 Å². The monoisotopic (exact) mass is 815 g/mol. The highest BCUT2D eigenvalue weighted by Gasteiger charge is 2.37. The van der Waals surface area contributed by atoms with Crippen molar-refractivity contribution in [2.45, 2.75) is 19.3 Å². The summed E-state index contributed by atoms with van der Waals surface area (Å²) in [5, 5.41) is 7.61. The standard InChI is InChI=1S/C63H45N/c1-63(2)59-25-9-7-20-58(59)62-57(24-13-26-60(62)63)56-19-8-10-27-61(56)64(49-39-34-47(35-40-49)53-22-12-23-54-52-18-6-4-15-45(52)36-41-55(53)54)48-37-32-43(33-38-48)42-28-30-46(31-29-42)51-21-11-16-44-14-3-5-17-50(44)51/h3-41H,1-2H3. The van der Waals surface area contributed by atoms with Crippen molar-refractivity contribution in [1.82, 2.24) is 0 Å². The molecule has 0 heterocycles. The fourth-order valence-corrected chi connectivity index (χ4v) is 10.5. The van der Waals surface area contributed by atoms with Gasteiger partial charge in [0, 0.05) is 22.4 Å². The van der Waals surface area contributed by atoms with E-state index in [4.69, 9.17) is 0 Å². The number of benzene rings is 11. The van der Waals surface area contributed by atoms with Crippen LogP contribution < -0.4 is 4.90 Å². The number of rotatable bonds is 7. The van der Waals surface area contributed by atoms with Gasteiger partial charge >= 0.3 is 0 Å². The number of fused-ring (bicyclic) bond motifs is 7. The van der Waals surface area contributed by atoms with Gasteiger partial charge in [-0.1, -0.05) is 220 Å². The molecule has 302 valence electrons. The number of hydrogen-bond acceptors (Lipinski definition) is 1. The fraction of sp³-hybridized carbons (Fsp3) is 0.0476. The first-order valence-electron chi connectivity index (χ1n) is 22.3. The maximum Gasteiger partial charge on any atom is 0.0540 e. The Balaban J connectivity index is 0.973. The van der Waals surface area contributed by atoms with Crippen molar-refractivity contribution in [3.8, 4) is 55.6 Å². The summed E-state index contributed by atoms with van der Waals surface area (Å²) in [5.41, 5.74) is 18.4. The summed E-state index contributed by atoms with van der Waals surface area (Å²) in [5.74, 6) is 0. The topological polar surface area (TPSA) is 3.24 Å². The molecular weight excluding hydrogens is 771 g/mol. The predicted octanol–water partition coefficient (Wildman–Crippen LogP) is 17.6. The van der Waals surface area contributed by atoms with E-state index < -0.39 is 0 Å². The summed E-state index contributed by atoms with van der Waals surface area (Å²) in [4.78, 5) is 2.44. The molecule has 0 atom stereocenters. The van der Waals surface area contributed by atoms with E-state index in [0.717, 1.165) is 17.1 Å². The second-order valence-electron chi connectivity index (χ2n) is 17.6. The lowest BCUT2D eigenvalue weighted by Gasteiger charge is -2.29. The van der Waals surface area contributed by atoms with Gasteiger partial charge in [-0.2, -0.15) is 0 Å². The molecule has 11 aromatic carbocycles. The van der Waals surface area contributed by atoms with E-state index in [1.54, 1.807) is 0 Å². The lowest BCUT2D eigenvalue weighted by molar-refractivity contribution is 0.660. The minimum Gasteiger partial charge on any atom is -0.310 e. The van der Waals surface area contributed by atoms with Crippen LogP contribution in [-0.4, -0.2) is 0 Å². The Morgan fingerprint density at radius 2 is 0.734 bits per heavy atom. The van der Waals surface area contributed by atoms with E-state index >= 15 is 0 Å². The molecule has 0 bridgehead atoms. The molecule has 0 aliphatic heterocycles. The Kier molecular flexibility index (Phi) is 8.91. The lowest BCUT2D eigenvalue weighted by Crippen LogP contribution is -2.14. The highest BCUT2D eigenvalue weighted by Crippen LogP contribution is 2.54. The summed E-state index contributed by atoms with van der Waals surface area (Å²) in [6, 6.07) is 87.1. The molecule has 11 aromatic rings. The second-order valence-corrected chi connectivity index (χ2v) is 17.6. The molecular formula is C63H45N. The molecule has 1 aliphatic carbocycles. The Labute approximate surface area is 375 Å². The van der Waals surface area contributed by atoms with E-state index in [1.807, 2.05) is 0 Å². The van der Waals surface area contributed by atoms with Gasteiger partial charge in [-0.15, -0.1) is 0 Å². The van der Waals surface area contributed by atoms with Crippen molar-refractivity contribution < 1.29 is 0 Å². The highest BCUT2D eigenvalue weighted by atomic mass is 15.1. The van der Waals surface area contributed by atoms with Crippen molar-refractivity contribution in [2.24, 2.45) is 0 Å². The van der Waals surface area contributed by atoms with Crippen LogP contribution in [0.25, 0.3) is 88.0 Å². The average molecular weight is 816 g/mol. The van der Waals surface area contributed by atoms with Crippen LogP contribution in [0.2, 0.25) is 0 Å². The molecule has 0 aromatic heterocycles. The van der Waals surface area contributed by atoms with Crippen LogP contribution in [0, 0.1) is 0 Å². The number of hydrogen-bond donors (Lipinski definition) is 0. The fourth-order valence-electron chi connectivity index (χ4n) is 10.5. The van der Waals surface area contributed by atoms with Crippen molar-refractivity contribution >= 4 is 49.4 Å². The Bertz CT molecular complexity index is 3550. The normalized spacial score (nSPS) is 12.7. The number of para-hydroxylation sites is 1. The number of anilines is 3. The Hall–Kier alpha value is -8.00. The van der Waals surface area contributed by atoms with E-state index in [2.05, 4.69) is 255 Å². The second kappa shape index (κ2) is 15.1. The van der Waals surface area contributed by atoms with E-state index in [1.165, 1.54) is 99.1 Å². The average Bonchev–Trinajstić information content (AvgIpc) is 3.60. The zero-order valence-electron chi connectivity index (χ0n) is 36.0. The third-order valence-corrected chi connectivity index (χ3v) is 13.7. The molecule has 64 heavy (non-hydrogen) atoms. The van der Waals surface area contributed by atoms with Gasteiger partial charge in [-0.05, 0) is 124 Å². The first-order valence-corrected chi connectivity index (χ1v) is 22.3. The van der Waals surface area contributed by atoms with Gasteiger partial charge in [-0.3, -0.25) is 0 Å². The third-order valence-electron chi connectivity index (χ3n) is 13.7. The SMILES string of the molecule is CC1(C)c2ccccc2-c2c(-c3ccccc3N(c3ccc(-c4ccc(-c5cccc6ccccc56)cc4)cc3)c3ccc(-c4cccc5c4ccc4ccccc45)cc3)cccc21. The molecule has 0 amide bonds. The van der Waals surface area contributed by atoms with Crippen LogP contribution in [-0.2, 0) is 5.41 Å². The summed E-state index contributed by atoms with van der Waals surface area (Å²) < 4.78 is 0. The largest absolute Gasteiger partial charge is 0.310 e. The van der Waals surface area contributed by atoms with Crippen LogP contribution in [0.15, 0.2) is 237 Å². The van der Waals surface area contributed by atoms with E-state index in [0.29, 0.717) is 0 Å². The maximum absolute atomic E-state index is 2.44. The van der Waals surface area contributed by atoms with Gasteiger partial charge < -0.3 is 4.90 Å². The molecule has 0 saturated carbocycles. The number of nitrogens with zero attached hydrogens (tertiary/aromatic N) is 1. The maximum atomic E-state index is 2.44. The molecule has 1 heteroatoms. The summed E-state index contributed by atoms with van der Waals surface area (Å²) in [6.45, 7) is 4.72. The van der Waals surface area contributed by atoms with Gasteiger partial charge in [0.15, 0.2) is 0 Å². The molecule has 0 radical (unpaired) electrons. The van der Waals surface area contributed by atoms with Crippen molar-refractivity contribution in [3.63, 3.8) is 0 Å². The van der Waals surface area contributed by atoms with Crippen LogP contribution >= 0.6 is 0 Å². The van der Waals surface area contributed by atoms with Crippen LogP contribution in [0.5, 0.6) is 0 Å². The molecule has 1 nitrogen and oxygen atoms in total. The summed E-state index contributed by atoms with van der Waals surface area (Å²) in [6.07, 6.45) is 0. The molecule has 0 unspecified atom stereocenters. The molecule has 0 spiro atoms. The first-order chi connectivity index (χ1) is 31.5. The highest BCUT2D eigenvalue weighted by molar-refractivity contribution is 6.12. The molecule has 12 rings (SSSR count). The Morgan fingerprint density at radius 3 is 1.47 bits per heavy atom. The lowest BCUT2D eigenvalue weighted by atomic mass is 9.82. The third kappa shape index (κ3) is 6.15. The van der Waals surface area contributed by atoms with Crippen molar-refractivity contribution in [2.75, 3.05) is 4.90 Å². The predicted molar refractivity (Wildman–Crippen MR) is 273 cm³/mol. The van der Waals surface area contributed by atoms with E-state index in [9.17, 15) is 0 Å². The molecule has 0 saturated heterocycles. The molecule has 0 N–H and O–H groups in total.